The molecule has 18 heavy (non-hydrogen) atoms. The van der Waals surface area contributed by atoms with Gasteiger partial charge in [-0.15, -0.1) is 0 Å². The fraction of sp³-hybridized carbons (Fsp3) is 1.00. The van der Waals surface area contributed by atoms with Gasteiger partial charge in [-0.1, -0.05) is 19.8 Å². The van der Waals surface area contributed by atoms with Gasteiger partial charge in [-0.25, -0.2) is 0 Å². The third-order valence-electron chi connectivity index (χ3n) is 5.67. The Balaban J connectivity index is 1.69. The largest absolute Gasteiger partial charge is 0.396 e. The second-order valence-electron chi connectivity index (χ2n) is 6.45. The Morgan fingerprint density at radius 2 is 2.17 bits per heavy atom. The molecule has 1 aliphatic heterocycles. The van der Waals surface area contributed by atoms with Gasteiger partial charge >= 0.3 is 0 Å². The Morgan fingerprint density at radius 1 is 1.39 bits per heavy atom. The van der Waals surface area contributed by atoms with Crippen LogP contribution in [0.25, 0.3) is 0 Å². The van der Waals surface area contributed by atoms with Crippen molar-refractivity contribution in [1.82, 2.24) is 5.32 Å². The highest BCUT2D eigenvalue weighted by atomic mass is 16.5. The lowest BCUT2D eigenvalue weighted by Gasteiger charge is -2.58. The summed E-state index contributed by atoms with van der Waals surface area (Å²) in [6.45, 7) is 3.48. The number of aliphatic hydroxyl groups excluding tert-OH is 1. The van der Waals surface area contributed by atoms with Crippen molar-refractivity contribution in [2.24, 2.45) is 11.3 Å². The van der Waals surface area contributed by atoms with Gasteiger partial charge in [-0.2, -0.15) is 0 Å². The normalized spacial score (nSPS) is 38.7. The van der Waals surface area contributed by atoms with E-state index in [0.29, 0.717) is 30.2 Å². The summed E-state index contributed by atoms with van der Waals surface area (Å²) in [5, 5.41) is 13.0. The van der Waals surface area contributed by atoms with E-state index in [2.05, 4.69) is 12.2 Å². The van der Waals surface area contributed by atoms with Crippen LogP contribution in [0.3, 0.4) is 0 Å². The molecule has 1 heterocycles. The van der Waals surface area contributed by atoms with Crippen LogP contribution in [0.2, 0.25) is 0 Å². The Morgan fingerprint density at radius 3 is 2.83 bits per heavy atom. The van der Waals surface area contributed by atoms with E-state index in [0.717, 1.165) is 25.4 Å². The Bertz CT molecular complexity index is 288. The van der Waals surface area contributed by atoms with Crippen molar-refractivity contribution in [2.45, 2.75) is 70.1 Å². The number of fused-ring (bicyclic) bond motifs is 2. The summed E-state index contributed by atoms with van der Waals surface area (Å²) in [7, 11) is 0. The van der Waals surface area contributed by atoms with Crippen LogP contribution in [-0.4, -0.2) is 36.5 Å². The van der Waals surface area contributed by atoms with E-state index >= 15 is 0 Å². The first kappa shape index (κ1) is 12.9. The molecule has 3 rings (SSSR count). The van der Waals surface area contributed by atoms with Crippen LogP contribution in [-0.2, 0) is 4.74 Å². The molecule has 0 bridgehead atoms. The molecule has 0 amide bonds. The first-order valence-corrected chi connectivity index (χ1v) is 7.80. The molecule has 3 fully saturated rings. The van der Waals surface area contributed by atoms with Gasteiger partial charge in [0.25, 0.3) is 0 Å². The van der Waals surface area contributed by atoms with E-state index in [1.807, 2.05) is 0 Å². The molecular formula is C15H27NO2. The molecule has 0 radical (unpaired) electrons. The average molecular weight is 253 g/mol. The Labute approximate surface area is 110 Å². The summed E-state index contributed by atoms with van der Waals surface area (Å²) in [5.74, 6) is 0.746. The third-order valence-corrected chi connectivity index (χ3v) is 5.67. The van der Waals surface area contributed by atoms with Crippen LogP contribution in [0.15, 0.2) is 0 Å². The lowest BCUT2D eigenvalue weighted by atomic mass is 9.54. The summed E-state index contributed by atoms with van der Waals surface area (Å²) in [6, 6.07) is 1.14. The molecule has 0 aromatic rings. The Hall–Kier alpha value is -0.120. The third kappa shape index (κ3) is 1.83. The fourth-order valence-corrected chi connectivity index (χ4v) is 4.76. The van der Waals surface area contributed by atoms with Crippen molar-refractivity contribution in [3.63, 3.8) is 0 Å². The molecule has 0 aromatic heterocycles. The monoisotopic (exact) mass is 253 g/mol. The second-order valence-corrected chi connectivity index (χ2v) is 6.45. The van der Waals surface area contributed by atoms with Crippen LogP contribution in [0.4, 0.5) is 0 Å². The van der Waals surface area contributed by atoms with E-state index in [-0.39, 0.29) is 0 Å². The zero-order valence-corrected chi connectivity index (χ0v) is 11.5. The summed E-state index contributed by atoms with van der Waals surface area (Å²) >= 11 is 0. The molecule has 3 heteroatoms. The summed E-state index contributed by atoms with van der Waals surface area (Å²) in [4.78, 5) is 0. The minimum atomic E-state index is 0.301. The van der Waals surface area contributed by atoms with Crippen LogP contribution in [0.5, 0.6) is 0 Å². The van der Waals surface area contributed by atoms with E-state index in [9.17, 15) is 0 Å². The van der Waals surface area contributed by atoms with Gasteiger partial charge in [-0.3, -0.25) is 0 Å². The van der Waals surface area contributed by atoms with Gasteiger partial charge in [0.15, 0.2) is 0 Å². The summed E-state index contributed by atoms with van der Waals surface area (Å²) < 4.78 is 6.01. The topological polar surface area (TPSA) is 41.5 Å². The van der Waals surface area contributed by atoms with Crippen molar-refractivity contribution in [1.29, 1.82) is 0 Å². The minimum Gasteiger partial charge on any atom is -0.396 e. The van der Waals surface area contributed by atoms with E-state index in [1.165, 1.54) is 32.1 Å². The Kier molecular flexibility index (Phi) is 3.65. The van der Waals surface area contributed by atoms with E-state index in [1.54, 1.807) is 0 Å². The highest BCUT2D eigenvalue weighted by Gasteiger charge is 2.64. The lowest BCUT2D eigenvalue weighted by Crippen LogP contribution is -2.68. The zero-order chi connectivity index (χ0) is 12.6. The predicted molar refractivity (Wildman–Crippen MR) is 71.5 cm³/mol. The van der Waals surface area contributed by atoms with Crippen LogP contribution < -0.4 is 5.32 Å². The number of rotatable bonds is 5. The van der Waals surface area contributed by atoms with E-state index < -0.39 is 0 Å². The van der Waals surface area contributed by atoms with Crippen LogP contribution >= 0.6 is 0 Å². The fourth-order valence-electron chi connectivity index (χ4n) is 4.76. The standard InChI is InChI=1S/C15H27NO2/c1-2-11(5-9-17)16-13-12-6-10-18-14(12)15(13)7-3-4-8-15/h11-14,16-17H,2-10H2,1H3. The van der Waals surface area contributed by atoms with Crippen molar-refractivity contribution in [3.05, 3.63) is 0 Å². The van der Waals surface area contributed by atoms with E-state index in [4.69, 9.17) is 9.84 Å². The number of hydrogen-bond acceptors (Lipinski definition) is 3. The maximum absolute atomic E-state index is 9.15. The minimum absolute atomic E-state index is 0.301. The van der Waals surface area contributed by atoms with Crippen molar-refractivity contribution in [2.75, 3.05) is 13.2 Å². The van der Waals surface area contributed by atoms with Crippen molar-refractivity contribution in [3.8, 4) is 0 Å². The molecule has 2 aliphatic carbocycles. The maximum atomic E-state index is 9.15. The molecule has 3 nitrogen and oxygen atoms in total. The number of nitrogens with one attached hydrogen (secondary N) is 1. The molecule has 104 valence electrons. The average Bonchev–Trinajstić information content (AvgIpc) is 3.01. The zero-order valence-electron chi connectivity index (χ0n) is 11.5. The van der Waals surface area contributed by atoms with Crippen molar-refractivity contribution < 1.29 is 9.84 Å². The van der Waals surface area contributed by atoms with Gasteiger partial charge in [0.2, 0.25) is 0 Å². The lowest BCUT2D eigenvalue weighted by molar-refractivity contribution is -0.133. The maximum Gasteiger partial charge on any atom is 0.0690 e. The molecule has 3 aliphatic rings. The first-order valence-electron chi connectivity index (χ1n) is 7.80. The molecule has 0 aromatic carbocycles. The van der Waals surface area contributed by atoms with Gasteiger partial charge in [0.05, 0.1) is 6.10 Å². The van der Waals surface area contributed by atoms with Crippen LogP contribution in [0, 0.1) is 11.3 Å². The predicted octanol–water partition coefficient (Wildman–Crippen LogP) is 2.08. The number of ether oxygens (including phenoxy) is 1. The highest BCUT2D eigenvalue weighted by Crippen LogP contribution is 2.60. The molecule has 4 unspecified atom stereocenters. The molecular weight excluding hydrogens is 226 g/mol. The molecule has 4 atom stereocenters. The molecule has 2 N–H and O–H groups in total. The number of hydrogen-bond donors (Lipinski definition) is 2. The molecule has 2 saturated carbocycles. The second kappa shape index (κ2) is 5.10. The summed E-state index contributed by atoms with van der Waals surface area (Å²) in [5.41, 5.74) is 0.448. The van der Waals surface area contributed by atoms with Gasteiger partial charge < -0.3 is 15.2 Å². The van der Waals surface area contributed by atoms with Crippen LogP contribution in [0.1, 0.15) is 51.9 Å². The van der Waals surface area contributed by atoms with Gasteiger partial charge in [-0.05, 0) is 32.1 Å². The highest BCUT2D eigenvalue weighted by molar-refractivity contribution is 5.17. The number of aliphatic hydroxyl groups is 1. The smallest absolute Gasteiger partial charge is 0.0690 e. The van der Waals surface area contributed by atoms with Gasteiger partial charge in [0, 0.05) is 36.6 Å². The first-order chi connectivity index (χ1) is 8.81. The summed E-state index contributed by atoms with van der Waals surface area (Å²) in [6.07, 6.45) is 9.24. The van der Waals surface area contributed by atoms with Crippen molar-refractivity contribution >= 4 is 0 Å². The quantitative estimate of drug-likeness (QED) is 0.788. The molecule has 1 saturated heterocycles. The molecule has 1 spiro atoms. The SMILES string of the molecule is CCC(CCO)NC1C2CCOC2C12CCCC2. The van der Waals surface area contributed by atoms with Gasteiger partial charge in [0.1, 0.15) is 0 Å².